The van der Waals surface area contributed by atoms with Crippen molar-refractivity contribution in [1.82, 2.24) is 5.32 Å². The third-order valence-corrected chi connectivity index (χ3v) is 8.65. The van der Waals surface area contributed by atoms with Crippen LogP contribution in [0.1, 0.15) is 25.3 Å². The third-order valence-electron chi connectivity index (χ3n) is 6.16. The minimum absolute atomic E-state index is 0.0264. The highest BCUT2D eigenvalue weighted by Crippen LogP contribution is 2.46. The van der Waals surface area contributed by atoms with Gasteiger partial charge in [0.15, 0.2) is 0 Å². The summed E-state index contributed by atoms with van der Waals surface area (Å²) in [6, 6.07) is 8.15. The molecule has 5 nitrogen and oxygen atoms in total. The van der Waals surface area contributed by atoms with Crippen LogP contribution in [0, 0.1) is 5.92 Å². The fraction of sp³-hybridized carbons (Fsp3) is 0.667. The number of piperazine rings is 1. The zero-order chi connectivity index (χ0) is 20.3. The second-order valence-electron chi connectivity index (χ2n) is 8.60. The summed E-state index contributed by atoms with van der Waals surface area (Å²) in [6.07, 6.45) is 2.07. The number of nitrogens with zero attached hydrogens (tertiary/aromatic N) is 1. The van der Waals surface area contributed by atoms with Gasteiger partial charge in [0.2, 0.25) is 14.3 Å². The molecule has 1 aromatic carbocycles. The predicted octanol–water partition coefficient (Wildman–Crippen LogP) is 2.89. The molecule has 0 aromatic heterocycles. The molecular formula is C21H33FN2O3Si. The lowest BCUT2D eigenvalue weighted by atomic mass is 9.95. The molecule has 2 heterocycles. The number of aliphatic hydroxyl groups excluding tert-OH is 1. The van der Waals surface area contributed by atoms with Gasteiger partial charge in [-0.2, -0.15) is 0 Å². The van der Waals surface area contributed by atoms with Crippen LogP contribution in [-0.4, -0.2) is 57.9 Å². The molecule has 0 saturated carbocycles. The molecule has 2 fully saturated rings. The largest absolute Gasteiger partial charge is 0.396 e. The number of anilines is 1. The summed E-state index contributed by atoms with van der Waals surface area (Å²) < 4.78 is 21.0. The number of rotatable bonds is 7. The number of carbonyl (C=O) groups excluding carboxylic acids is 1. The van der Waals surface area contributed by atoms with E-state index >= 15 is 0 Å². The highest BCUT2D eigenvalue weighted by atomic mass is 28.4. The van der Waals surface area contributed by atoms with E-state index in [1.807, 2.05) is 17.0 Å². The maximum Gasteiger partial charge on any atom is 0.246 e. The molecule has 0 unspecified atom stereocenters. The molecule has 156 valence electrons. The summed E-state index contributed by atoms with van der Waals surface area (Å²) in [6.45, 7) is 7.54. The van der Waals surface area contributed by atoms with Gasteiger partial charge >= 0.3 is 0 Å². The lowest BCUT2D eigenvalue weighted by molar-refractivity contribution is -0.118. The molecule has 2 saturated heterocycles. The van der Waals surface area contributed by atoms with Gasteiger partial charge in [0, 0.05) is 30.9 Å². The Labute approximate surface area is 168 Å². The van der Waals surface area contributed by atoms with Crippen LogP contribution in [0.2, 0.25) is 18.6 Å². The molecule has 2 aliphatic rings. The van der Waals surface area contributed by atoms with E-state index in [4.69, 9.17) is 4.74 Å². The highest BCUT2D eigenvalue weighted by Gasteiger charge is 2.50. The van der Waals surface area contributed by atoms with Crippen molar-refractivity contribution in [2.45, 2.75) is 57.0 Å². The molecule has 0 radical (unpaired) electrons. The average molecular weight is 409 g/mol. The van der Waals surface area contributed by atoms with Gasteiger partial charge in [-0.05, 0) is 56.0 Å². The number of ether oxygens (including phenoxy) is 1. The van der Waals surface area contributed by atoms with Gasteiger partial charge in [-0.25, -0.2) is 0 Å². The summed E-state index contributed by atoms with van der Waals surface area (Å²) >= 11 is 0. The molecule has 0 aliphatic carbocycles. The van der Waals surface area contributed by atoms with E-state index in [0.717, 1.165) is 25.1 Å². The highest BCUT2D eigenvalue weighted by molar-refractivity contribution is 6.72. The van der Waals surface area contributed by atoms with Crippen molar-refractivity contribution in [1.29, 1.82) is 0 Å². The zero-order valence-corrected chi connectivity index (χ0v) is 18.2. The SMILES string of the molecule is C[C@H]1[C@H]([Si](C)(C)F)[C@@H](CCO)O[C@H]1CCc1ccc(N2CCNCC2=O)cc1. The van der Waals surface area contributed by atoms with E-state index in [1.165, 1.54) is 5.56 Å². The van der Waals surface area contributed by atoms with Gasteiger partial charge in [0.1, 0.15) is 0 Å². The first-order valence-electron chi connectivity index (χ1n) is 10.4. The van der Waals surface area contributed by atoms with Crippen LogP contribution >= 0.6 is 0 Å². The molecule has 1 amide bonds. The number of aryl methyl sites for hydroxylation is 1. The number of nitrogens with one attached hydrogen (secondary N) is 1. The topological polar surface area (TPSA) is 61.8 Å². The Morgan fingerprint density at radius 3 is 2.57 bits per heavy atom. The number of carbonyl (C=O) groups is 1. The van der Waals surface area contributed by atoms with Gasteiger partial charge in [-0.1, -0.05) is 19.1 Å². The summed E-state index contributed by atoms with van der Waals surface area (Å²) in [4.78, 5) is 13.8. The van der Waals surface area contributed by atoms with Crippen molar-refractivity contribution in [2.75, 3.05) is 31.1 Å². The Hall–Kier alpha value is -1.28. The molecule has 4 atom stereocenters. The Balaban J connectivity index is 1.60. The minimum Gasteiger partial charge on any atom is -0.396 e. The second-order valence-corrected chi connectivity index (χ2v) is 12.4. The van der Waals surface area contributed by atoms with Crippen molar-refractivity contribution >= 4 is 20.0 Å². The van der Waals surface area contributed by atoms with Crippen LogP contribution < -0.4 is 10.2 Å². The van der Waals surface area contributed by atoms with Crippen LogP contribution in [0.4, 0.5) is 9.80 Å². The number of hydrogen-bond acceptors (Lipinski definition) is 4. The molecule has 2 aliphatic heterocycles. The van der Waals surface area contributed by atoms with E-state index in [1.54, 1.807) is 13.1 Å². The van der Waals surface area contributed by atoms with Crippen LogP contribution in [0.3, 0.4) is 0 Å². The van der Waals surface area contributed by atoms with Crippen molar-refractivity contribution in [3.05, 3.63) is 29.8 Å². The molecule has 2 N–H and O–H groups in total. The van der Waals surface area contributed by atoms with Crippen LogP contribution in [0.5, 0.6) is 0 Å². The lowest BCUT2D eigenvalue weighted by Crippen LogP contribution is -2.48. The smallest absolute Gasteiger partial charge is 0.246 e. The van der Waals surface area contributed by atoms with Gasteiger partial charge < -0.3 is 24.2 Å². The van der Waals surface area contributed by atoms with Gasteiger partial charge in [0.25, 0.3) is 0 Å². The van der Waals surface area contributed by atoms with Crippen molar-refractivity contribution in [3.8, 4) is 0 Å². The summed E-state index contributed by atoms with van der Waals surface area (Å²) in [7, 11) is -2.85. The van der Waals surface area contributed by atoms with E-state index in [-0.39, 0.29) is 36.2 Å². The first-order valence-corrected chi connectivity index (χ1v) is 13.3. The summed E-state index contributed by atoms with van der Waals surface area (Å²) in [5, 5.41) is 12.4. The summed E-state index contributed by atoms with van der Waals surface area (Å²) in [5.74, 6) is 0.270. The first kappa shape index (κ1) is 21.4. The monoisotopic (exact) mass is 408 g/mol. The number of amides is 1. The van der Waals surface area contributed by atoms with Crippen LogP contribution in [-0.2, 0) is 16.0 Å². The van der Waals surface area contributed by atoms with E-state index in [2.05, 4.69) is 24.4 Å². The molecule has 0 bridgehead atoms. The fourth-order valence-electron chi connectivity index (χ4n) is 4.81. The number of hydrogen-bond donors (Lipinski definition) is 2. The van der Waals surface area contributed by atoms with Crippen molar-refractivity contribution in [3.63, 3.8) is 0 Å². The standard InChI is InChI=1S/C21H33FN2O3Si/c1-15-18(27-19(10-13-25)21(15)28(2,3)22)9-6-16-4-7-17(8-5-16)24-12-11-23-14-20(24)26/h4-5,7-8,15,18-19,21,23,25H,6,9-14H2,1-3H3/t15-,18+,19-,21+/m1/s1. The molecule has 3 rings (SSSR count). The Morgan fingerprint density at radius 2 is 1.96 bits per heavy atom. The number of benzene rings is 1. The van der Waals surface area contributed by atoms with E-state index < -0.39 is 8.41 Å². The number of aliphatic hydroxyl groups is 1. The quantitative estimate of drug-likeness (QED) is 0.538. The fourth-order valence-corrected chi connectivity index (χ4v) is 7.40. The maximum atomic E-state index is 14.8. The lowest BCUT2D eigenvalue weighted by Gasteiger charge is -2.28. The molecule has 0 spiro atoms. The van der Waals surface area contributed by atoms with Crippen LogP contribution in [0.15, 0.2) is 24.3 Å². The van der Waals surface area contributed by atoms with Crippen LogP contribution in [0.25, 0.3) is 0 Å². The minimum atomic E-state index is -2.85. The van der Waals surface area contributed by atoms with Crippen molar-refractivity contribution < 1.29 is 18.7 Å². The molecule has 7 heteroatoms. The molecular weight excluding hydrogens is 375 g/mol. The second kappa shape index (κ2) is 9.03. The Morgan fingerprint density at radius 1 is 1.25 bits per heavy atom. The van der Waals surface area contributed by atoms with E-state index in [9.17, 15) is 14.0 Å². The average Bonchev–Trinajstić information content (AvgIpc) is 2.97. The molecule has 28 heavy (non-hydrogen) atoms. The Bertz CT molecular complexity index is 665. The van der Waals surface area contributed by atoms with Gasteiger partial charge in [0.05, 0.1) is 18.8 Å². The van der Waals surface area contributed by atoms with E-state index in [0.29, 0.717) is 19.5 Å². The third kappa shape index (κ3) is 4.82. The van der Waals surface area contributed by atoms with Gasteiger partial charge in [-0.3, -0.25) is 4.79 Å². The Kier molecular flexibility index (Phi) is 6.91. The number of halogens is 1. The predicted molar refractivity (Wildman–Crippen MR) is 112 cm³/mol. The van der Waals surface area contributed by atoms with Gasteiger partial charge in [-0.15, -0.1) is 0 Å². The first-order chi connectivity index (χ1) is 13.3. The zero-order valence-electron chi connectivity index (χ0n) is 17.2. The van der Waals surface area contributed by atoms with Crippen molar-refractivity contribution in [2.24, 2.45) is 5.92 Å². The normalized spacial score (nSPS) is 28.8. The summed E-state index contributed by atoms with van der Waals surface area (Å²) in [5.41, 5.74) is 2.07. The maximum absolute atomic E-state index is 14.8. The molecule has 1 aromatic rings.